The summed E-state index contributed by atoms with van der Waals surface area (Å²) in [4.78, 5) is 0. The molecular formula is C11H14ClNO. The van der Waals surface area contributed by atoms with E-state index in [0.717, 1.165) is 6.61 Å². The van der Waals surface area contributed by atoms with Crippen molar-refractivity contribution in [1.82, 2.24) is 0 Å². The second-order valence-corrected chi connectivity index (χ2v) is 4.17. The van der Waals surface area contributed by atoms with E-state index >= 15 is 0 Å². The molecule has 3 heteroatoms. The lowest BCUT2D eigenvalue weighted by Crippen LogP contribution is -2.19. The van der Waals surface area contributed by atoms with Gasteiger partial charge in [-0.05, 0) is 30.9 Å². The highest BCUT2D eigenvalue weighted by molar-refractivity contribution is 6.32. The van der Waals surface area contributed by atoms with Crippen LogP contribution in [0, 0.1) is 5.92 Å². The summed E-state index contributed by atoms with van der Waals surface area (Å²) < 4.78 is 5.61. The normalized spacial score (nSPS) is 16.4. The van der Waals surface area contributed by atoms with Crippen LogP contribution in [0.4, 0.5) is 5.69 Å². The maximum absolute atomic E-state index is 5.97. The van der Waals surface area contributed by atoms with Gasteiger partial charge in [-0.3, -0.25) is 0 Å². The molecule has 0 amide bonds. The molecule has 2 N–H and O–H groups in total. The molecule has 0 bridgehead atoms. The second kappa shape index (κ2) is 4.09. The summed E-state index contributed by atoms with van der Waals surface area (Å²) in [6, 6.07) is 5.43. The van der Waals surface area contributed by atoms with E-state index in [1.165, 1.54) is 19.3 Å². The summed E-state index contributed by atoms with van der Waals surface area (Å²) in [5.41, 5.74) is 6.38. The highest BCUT2D eigenvalue weighted by Gasteiger charge is 2.18. The van der Waals surface area contributed by atoms with Gasteiger partial charge >= 0.3 is 0 Å². The Kier molecular flexibility index (Phi) is 2.82. The van der Waals surface area contributed by atoms with E-state index in [1.54, 1.807) is 6.07 Å². The van der Waals surface area contributed by atoms with Gasteiger partial charge in [0.1, 0.15) is 0 Å². The van der Waals surface area contributed by atoms with E-state index < -0.39 is 0 Å². The lowest BCUT2D eigenvalue weighted by molar-refractivity contribution is 0.181. The summed E-state index contributed by atoms with van der Waals surface area (Å²) >= 11 is 5.97. The first-order valence-corrected chi connectivity index (χ1v) is 5.32. The molecule has 0 aliphatic heterocycles. The lowest BCUT2D eigenvalue weighted by Gasteiger charge is -2.25. The van der Waals surface area contributed by atoms with Crippen LogP contribution in [-0.2, 0) is 0 Å². The van der Waals surface area contributed by atoms with Crippen molar-refractivity contribution in [1.29, 1.82) is 0 Å². The number of halogens is 1. The Bertz CT molecular complexity index is 303. The average molecular weight is 212 g/mol. The van der Waals surface area contributed by atoms with Crippen molar-refractivity contribution in [2.75, 3.05) is 12.3 Å². The SMILES string of the molecule is Nc1cccc(Cl)c1OCC1CCC1. The van der Waals surface area contributed by atoms with Gasteiger partial charge in [-0.25, -0.2) is 0 Å². The highest BCUT2D eigenvalue weighted by atomic mass is 35.5. The molecule has 1 aromatic carbocycles. The van der Waals surface area contributed by atoms with Gasteiger partial charge in [0.15, 0.2) is 5.75 Å². The zero-order valence-electron chi connectivity index (χ0n) is 8.00. The Labute approximate surface area is 89.0 Å². The van der Waals surface area contributed by atoms with E-state index in [0.29, 0.717) is 22.4 Å². The van der Waals surface area contributed by atoms with Crippen LogP contribution in [0.2, 0.25) is 5.02 Å². The molecule has 0 heterocycles. The van der Waals surface area contributed by atoms with Crippen LogP contribution < -0.4 is 10.5 Å². The molecule has 0 saturated heterocycles. The minimum atomic E-state index is 0.601. The molecule has 14 heavy (non-hydrogen) atoms. The number of hydrogen-bond donors (Lipinski definition) is 1. The Morgan fingerprint density at radius 2 is 2.21 bits per heavy atom. The number of nitrogens with two attached hydrogens (primary N) is 1. The minimum Gasteiger partial charge on any atom is -0.490 e. The Morgan fingerprint density at radius 1 is 1.43 bits per heavy atom. The predicted octanol–water partition coefficient (Wildman–Crippen LogP) is 3.10. The van der Waals surface area contributed by atoms with Crippen molar-refractivity contribution >= 4 is 17.3 Å². The molecule has 1 fully saturated rings. The molecule has 0 atom stereocenters. The highest BCUT2D eigenvalue weighted by Crippen LogP contribution is 2.33. The number of hydrogen-bond acceptors (Lipinski definition) is 2. The summed E-state index contributed by atoms with van der Waals surface area (Å²) in [6.07, 6.45) is 3.86. The Hall–Kier alpha value is -0.890. The molecule has 0 spiro atoms. The number of benzene rings is 1. The first-order chi connectivity index (χ1) is 6.77. The first-order valence-electron chi connectivity index (χ1n) is 4.94. The number of para-hydroxylation sites is 1. The van der Waals surface area contributed by atoms with Crippen LogP contribution in [0.1, 0.15) is 19.3 Å². The molecule has 2 rings (SSSR count). The van der Waals surface area contributed by atoms with Gasteiger partial charge in [0.25, 0.3) is 0 Å². The number of rotatable bonds is 3. The molecular weight excluding hydrogens is 198 g/mol. The van der Waals surface area contributed by atoms with E-state index in [9.17, 15) is 0 Å². The molecule has 1 aliphatic rings. The van der Waals surface area contributed by atoms with E-state index in [-0.39, 0.29) is 0 Å². The Balaban J connectivity index is 2.00. The smallest absolute Gasteiger partial charge is 0.160 e. The van der Waals surface area contributed by atoms with Crippen molar-refractivity contribution in [3.8, 4) is 5.75 Å². The quantitative estimate of drug-likeness (QED) is 0.780. The first kappa shape index (κ1) is 9.66. The summed E-state index contributed by atoms with van der Waals surface area (Å²) in [7, 11) is 0. The zero-order chi connectivity index (χ0) is 9.97. The standard InChI is InChI=1S/C11H14ClNO/c12-9-5-2-6-10(13)11(9)14-7-8-3-1-4-8/h2,5-6,8H,1,3-4,7,13H2. The van der Waals surface area contributed by atoms with Gasteiger partial charge in [-0.2, -0.15) is 0 Å². The molecule has 0 radical (unpaired) electrons. The van der Waals surface area contributed by atoms with Crippen LogP contribution >= 0.6 is 11.6 Å². The van der Waals surface area contributed by atoms with Crippen LogP contribution in [0.25, 0.3) is 0 Å². The third-order valence-electron chi connectivity index (χ3n) is 2.69. The summed E-state index contributed by atoms with van der Waals surface area (Å²) in [6.45, 7) is 0.744. The van der Waals surface area contributed by atoms with Gasteiger partial charge in [0, 0.05) is 0 Å². The molecule has 1 aromatic rings. The van der Waals surface area contributed by atoms with E-state index in [1.807, 2.05) is 12.1 Å². The maximum atomic E-state index is 5.97. The van der Waals surface area contributed by atoms with E-state index in [2.05, 4.69) is 0 Å². The fourth-order valence-electron chi connectivity index (χ4n) is 1.54. The largest absolute Gasteiger partial charge is 0.490 e. The second-order valence-electron chi connectivity index (χ2n) is 3.77. The van der Waals surface area contributed by atoms with Crippen LogP contribution in [0.15, 0.2) is 18.2 Å². The van der Waals surface area contributed by atoms with Crippen molar-refractivity contribution in [2.45, 2.75) is 19.3 Å². The minimum absolute atomic E-state index is 0.601. The topological polar surface area (TPSA) is 35.2 Å². The third-order valence-corrected chi connectivity index (χ3v) is 2.98. The molecule has 76 valence electrons. The van der Waals surface area contributed by atoms with Crippen molar-refractivity contribution in [2.24, 2.45) is 5.92 Å². The van der Waals surface area contributed by atoms with Crippen molar-refractivity contribution in [3.05, 3.63) is 23.2 Å². The Morgan fingerprint density at radius 3 is 2.79 bits per heavy atom. The maximum Gasteiger partial charge on any atom is 0.160 e. The molecule has 1 saturated carbocycles. The van der Waals surface area contributed by atoms with Gasteiger partial charge in [0.05, 0.1) is 17.3 Å². The predicted molar refractivity (Wildman–Crippen MR) is 58.7 cm³/mol. The van der Waals surface area contributed by atoms with Gasteiger partial charge in [0.2, 0.25) is 0 Å². The average Bonchev–Trinajstić information content (AvgIpc) is 2.07. The van der Waals surface area contributed by atoms with Crippen molar-refractivity contribution in [3.63, 3.8) is 0 Å². The number of anilines is 1. The van der Waals surface area contributed by atoms with E-state index in [4.69, 9.17) is 22.1 Å². The fourth-order valence-corrected chi connectivity index (χ4v) is 1.77. The molecule has 0 unspecified atom stereocenters. The number of ether oxygens (including phenoxy) is 1. The molecule has 2 nitrogen and oxygen atoms in total. The van der Waals surface area contributed by atoms with Crippen molar-refractivity contribution < 1.29 is 4.74 Å². The molecule has 1 aliphatic carbocycles. The third kappa shape index (κ3) is 1.95. The zero-order valence-corrected chi connectivity index (χ0v) is 8.76. The van der Waals surface area contributed by atoms with Crippen LogP contribution in [-0.4, -0.2) is 6.61 Å². The van der Waals surface area contributed by atoms with Gasteiger partial charge < -0.3 is 10.5 Å². The summed E-state index contributed by atoms with van der Waals surface area (Å²) in [5, 5.41) is 0.601. The van der Waals surface area contributed by atoms with Crippen LogP contribution in [0.5, 0.6) is 5.75 Å². The lowest BCUT2D eigenvalue weighted by atomic mass is 9.86. The van der Waals surface area contributed by atoms with Gasteiger partial charge in [-0.1, -0.05) is 24.1 Å². The molecule has 0 aromatic heterocycles. The number of nitrogen functional groups attached to an aromatic ring is 1. The van der Waals surface area contributed by atoms with Gasteiger partial charge in [-0.15, -0.1) is 0 Å². The summed E-state index contributed by atoms with van der Waals surface area (Å²) in [5.74, 6) is 1.34. The fraction of sp³-hybridized carbons (Fsp3) is 0.455. The monoisotopic (exact) mass is 211 g/mol. The van der Waals surface area contributed by atoms with Crippen LogP contribution in [0.3, 0.4) is 0 Å².